The number of carbonyl (C=O) groups excluding carboxylic acids is 1. The van der Waals surface area contributed by atoms with Crippen molar-refractivity contribution in [3.8, 4) is 0 Å². The van der Waals surface area contributed by atoms with Crippen LogP contribution in [0.2, 0.25) is 0 Å². The Bertz CT molecular complexity index is 994. The number of nitrogens with one attached hydrogen (secondary N) is 1. The van der Waals surface area contributed by atoms with Crippen molar-refractivity contribution >= 4 is 25.6 Å². The molecule has 0 fully saturated rings. The molecular formula is C17H19NO5S2. The lowest BCUT2D eigenvalue weighted by Crippen LogP contribution is -2.26. The summed E-state index contributed by atoms with van der Waals surface area (Å²) >= 11 is 0. The van der Waals surface area contributed by atoms with Gasteiger partial charge in [0.15, 0.2) is 19.7 Å². The fraction of sp³-hybridized carbons (Fsp3) is 0.235. The maximum Gasteiger partial charge on any atom is 0.251 e. The molecule has 0 unspecified atom stereocenters. The maximum absolute atomic E-state index is 12.3. The Labute approximate surface area is 147 Å². The van der Waals surface area contributed by atoms with Crippen LogP contribution in [-0.2, 0) is 19.7 Å². The van der Waals surface area contributed by atoms with E-state index in [1.165, 1.54) is 36.4 Å². The van der Waals surface area contributed by atoms with Gasteiger partial charge in [0, 0.05) is 18.1 Å². The fourth-order valence-corrected chi connectivity index (χ4v) is 3.53. The predicted molar refractivity (Wildman–Crippen MR) is 95.0 cm³/mol. The Morgan fingerprint density at radius 3 is 1.96 bits per heavy atom. The smallest absolute Gasteiger partial charge is 0.251 e. The molecule has 0 bridgehead atoms. The van der Waals surface area contributed by atoms with Gasteiger partial charge in [-0.2, -0.15) is 0 Å². The van der Waals surface area contributed by atoms with Crippen molar-refractivity contribution in [1.29, 1.82) is 0 Å². The third-order valence-electron chi connectivity index (χ3n) is 3.68. The Hall–Kier alpha value is -2.19. The zero-order valence-electron chi connectivity index (χ0n) is 14.1. The minimum Gasteiger partial charge on any atom is -0.346 e. The largest absolute Gasteiger partial charge is 0.346 e. The summed E-state index contributed by atoms with van der Waals surface area (Å²) in [5.74, 6) is -0.412. The Morgan fingerprint density at radius 2 is 1.44 bits per heavy atom. The standard InChI is InChI=1S/C17H19NO5S2/c1-12(13-7-9-15(10-8-13)24(2,20)21)18-17(19)14-5-4-6-16(11-14)25(3,22)23/h4-12H,1-3H3,(H,18,19)/t12-/m0/s1. The van der Waals surface area contributed by atoms with Gasteiger partial charge in [-0.1, -0.05) is 18.2 Å². The molecule has 0 aliphatic carbocycles. The second-order valence-electron chi connectivity index (χ2n) is 5.84. The minimum atomic E-state index is -3.40. The first-order valence-corrected chi connectivity index (χ1v) is 11.2. The number of hydrogen-bond donors (Lipinski definition) is 1. The van der Waals surface area contributed by atoms with Gasteiger partial charge < -0.3 is 5.32 Å². The third-order valence-corrected chi connectivity index (χ3v) is 5.92. The van der Waals surface area contributed by atoms with E-state index in [2.05, 4.69) is 5.32 Å². The van der Waals surface area contributed by atoms with E-state index in [-0.39, 0.29) is 21.4 Å². The van der Waals surface area contributed by atoms with E-state index in [4.69, 9.17) is 0 Å². The molecule has 0 spiro atoms. The molecule has 1 atom stereocenters. The van der Waals surface area contributed by atoms with Gasteiger partial charge in [-0.3, -0.25) is 4.79 Å². The third kappa shape index (κ3) is 4.90. The Kier molecular flexibility index (Phi) is 5.34. The van der Waals surface area contributed by atoms with Crippen molar-refractivity contribution in [2.45, 2.75) is 22.8 Å². The summed E-state index contributed by atoms with van der Waals surface area (Å²) in [4.78, 5) is 12.6. The zero-order valence-corrected chi connectivity index (χ0v) is 15.7. The number of sulfone groups is 2. The highest BCUT2D eigenvalue weighted by molar-refractivity contribution is 7.91. The van der Waals surface area contributed by atoms with Crippen LogP contribution >= 0.6 is 0 Å². The van der Waals surface area contributed by atoms with Gasteiger partial charge in [-0.25, -0.2) is 16.8 Å². The van der Waals surface area contributed by atoms with Crippen molar-refractivity contribution in [2.75, 3.05) is 12.5 Å². The summed E-state index contributed by atoms with van der Waals surface area (Å²) in [5.41, 5.74) is 0.975. The lowest BCUT2D eigenvalue weighted by molar-refractivity contribution is 0.0939. The van der Waals surface area contributed by atoms with Crippen LogP contribution in [0.25, 0.3) is 0 Å². The molecule has 2 aromatic rings. The average molecular weight is 381 g/mol. The molecule has 134 valence electrons. The highest BCUT2D eigenvalue weighted by Gasteiger charge is 2.15. The van der Waals surface area contributed by atoms with Gasteiger partial charge >= 0.3 is 0 Å². The molecule has 0 aliphatic rings. The van der Waals surface area contributed by atoms with Crippen molar-refractivity contribution in [2.24, 2.45) is 0 Å². The average Bonchev–Trinajstić information content (AvgIpc) is 2.53. The van der Waals surface area contributed by atoms with Gasteiger partial charge in [0.25, 0.3) is 5.91 Å². The molecule has 1 N–H and O–H groups in total. The van der Waals surface area contributed by atoms with Gasteiger partial charge in [-0.05, 0) is 42.8 Å². The topological polar surface area (TPSA) is 97.4 Å². The fourth-order valence-electron chi connectivity index (χ4n) is 2.23. The summed E-state index contributed by atoms with van der Waals surface area (Å²) < 4.78 is 46.1. The Morgan fingerprint density at radius 1 is 0.880 bits per heavy atom. The lowest BCUT2D eigenvalue weighted by atomic mass is 10.1. The molecule has 0 heterocycles. The molecule has 1 amide bonds. The highest BCUT2D eigenvalue weighted by atomic mass is 32.2. The first-order chi connectivity index (χ1) is 11.5. The van der Waals surface area contributed by atoms with E-state index in [0.717, 1.165) is 18.1 Å². The van der Waals surface area contributed by atoms with Crippen molar-refractivity contribution in [1.82, 2.24) is 5.32 Å². The molecule has 0 saturated heterocycles. The van der Waals surface area contributed by atoms with E-state index in [1.807, 2.05) is 0 Å². The van der Waals surface area contributed by atoms with Gasteiger partial charge in [0.1, 0.15) is 0 Å². The van der Waals surface area contributed by atoms with Crippen LogP contribution in [0, 0.1) is 0 Å². The summed E-state index contributed by atoms with van der Waals surface area (Å²) in [6.45, 7) is 1.76. The number of hydrogen-bond acceptors (Lipinski definition) is 5. The summed E-state index contributed by atoms with van der Waals surface area (Å²) in [6.07, 6.45) is 2.21. The van der Waals surface area contributed by atoms with Crippen LogP contribution < -0.4 is 5.32 Å². The van der Waals surface area contributed by atoms with Crippen LogP contribution in [0.5, 0.6) is 0 Å². The lowest BCUT2D eigenvalue weighted by Gasteiger charge is -2.15. The second-order valence-corrected chi connectivity index (χ2v) is 9.87. The monoisotopic (exact) mass is 381 g/mol. The number of amides is 1. The second kappa shape index (κ2) is 6.97. The van der Waals surface area contributed by atoms with Crippen molar-refractivity contribution in [3.05, 3.63) is 59.7 Å². The molecule has 2 aromatic carbocycles. The summed E-state index contributed by atoms with van der Waals surface area (Å²) in [5, 5.41) is 2.77. The van der Waals surface area contributed by atoms with E-state index in [1.54, 1.807) is 19.1 Å². The van der Waals surface area contributed by atoms with E-state index in [0.29, 0.717) is 0 Å². The van der Waals surface area contributed by atoms with Crippen LogP contribution in [0.15, 0.2) is 58.3 Å². The molecule has 25 heavy (non-hydrogen) atoms. The van der Waals surface area contributed by atoms with Crippen molar-refractivity contribution < 1.29 is 21.6 Å². The molecule has 0 aromatic heterocycles. The molecule has 0 aliphatic heterocycles. The van der Waals surface area contributed by atoms with Crippen LogP contribution in [0.1, 0.15) is 28.9 Å². The van der Waals surface area contributed by atoms with Crippen molar-refractivity contribution in [3.63, 3.8) is 0 Å². The molecule has 6 nitrogen and oxygen atoms in total. The van der Waals surface area contributed by atoms with Gasteiger partial charge in [0.2, 0.25) is 0 Å². The van der Waals surface area contributed by atoms with Gasteiger partial charge in [-0.15, -0.1) is 0 Å². The quantitative estimate of drug-likeness (QED) is 0.854. The van der Waals surface area contributed by atoms with Crippen LogP contribution in [-0.4, -0.2) is 35.3 Å². The van der Waals surface area contributed by atoms with E-state index in [9.17, 15) is 21.6 Å². The molecule has 0 radical (unpaired) electrons. The summed E-state index contributed by atoms with van der Waals surface area (Å²) in [6, 6.07) is 11.7. The Balaban J connectivity index is 2.18. The van der Waals surface area contributed by atoms with Gasteiger partial charge in [0.05, 0.1) is 15.8 Å². The first kappa shape index (κ1) is 19.1. The predicted octanol–water partition coefficient (Wildman–Crippen LogP) is 1.98. The van der Waals surface area contributed by atoms with Crippen LogP contribution in [0.3, 0.4) is 0 Å². The molecule has 0 saturated carbocycles. The molecule has 8 heteroatoms. The van der Waals surface area contributed by atoms with Crippen LogP contribution in [0.4, 0.5) is 0 Å². The normalized spacial score (nSPS) is 13.2. The summed E-state index contributed by atoms with van der Waals surface area (Å²) in [7, 11) is -6.67. The number of rotatable bonds is 5. The van der Waals surface area contributed by atoms with E-state index < -0.39 is 25.6 Å². The SMILES string of the molecule is C[C@H](NC(=O)c1cccc(S(C)(=O)=O)c1)c1ccc(S(C)(=O)=O)cc1. The maximum atomic E-state index is 12.3. The van der Waals surface area contributed by atoms with E-state index >= 15 is 0 Å². The minimum absolute atomic E-state index is 0.0744. The number of carbonyl (C=O) groups is 1. The molecular weight excluding hydrogens is 362 g/mol. The zero-order chi connectivity index (χ0) is 18.8. The highest BCUT2D eigenvalue weighted by Crippen LogP contribution is 2.17. The first-order valence-electron chi connectivity index (χ1n) is 7.39. The molecule has 2 rings (SSSR count). The number of benzene rings is 2.